The van der Waals surface area contributed by atoms with Gasteiger partial charge in [0.15, 0.2) is 0 Å². The van der Waals surface area contributed by atoms with Gasteiger partial charge in [0.2, 0.25) is 5.91 Å². The highest BCUT2D eigenvalue weighted by molar-refractivity contribution is 7.00. The molecule has 2 unspecified atom stereocenters. The van der Waals surface area contributed by atoms with Crippen molar-refractivity contribution in [1.29, 1.82) is 0 Å². The first kappa shape index (κ1) is 18.6. The Hall–Kier alpha value is -1.77. The summed E-state index contributed by atoms with van der Waals surface area (Å²) in [6, 6.07) is 8.59. The molecule has 140 valence electrons. The van der Waals surface area contributed by atoms with Crippen LogP contribution in [0.1, 0.15) is 17.2 Å². The standard InChI is InChI=1S/C18H16Cl2N4O2S/c1-24(18-11-5-9(19)6-12(20)10(11)7-15(18)25)8-16(26)21-13-3-2-4-14-17(13)23-27-22-14/h2-6,15,18,25H,7-8H2,1H3,(H,21,26). The Bertz CT molecular complexity index is 1030. The molecule has 0 saturated heterocycles. The maximum atomic E-state index is 12.6. The lowest BCUT2D eigenvalue weighted by Crippen LogP contribution is -2.37. The molecule has 0 bridgehead atoms. The molecule has 1 aliphatic carbocycles. The van der Waals surface area contributed by atoms with Gasteiger partial charge < -0.3 is 10.4 Å². The van der Waals surface area contributed by atoms with Gasteiger partial charge in [0, 0.05) is 16.5 Å². The number of fused-ring (bicyclic) bond motifs is 2. The van der Waals surface area contributed by atoms with Crippen LogP contribution in [0.15, 0.2) is 30.3 Å². The average molecular weight is 423 g/mol. The summed E-state index contributed by atoms with van der Waals surface area (Å²) in [6.45, 7) is 0.0965. The van der Waals surface area contributed by atoms with Crippen molar-refractivity contribution in [3.8, 4) is 0 Å². The zero-order valence-electron chi connectivity index (χ0n) is 14.3. The Labute approximate surface area is 170 Å². The number of hydrogen-bond acceptors (Lipinski definition) is 6. The van der Waals surface area contributed by atoms with Gasteiger partial charge >= 0.3 is 0 Å². The number of halogens is 2. The summed E-state index contributed by atoms with van der Waals surface area (Å²) in [7, 11) is 1.79. The zero-order chi connectivity index (χ0) is 19.1. The molecule has 27 heavy (non-hydrogen) atoms. The first-order chi connectivity index (χ1) is 12.9. The van der Waals surface area contributed by atoms with Crippen LogP contribution in [-0.4, -0.2) is 44.4 Å². The third-order valence-corrected chi connectivity index (χ3v) is 5.82. The van der Waals surface area contributed by atoms with Gasteiger partial charge in [0.25, 0.3) is 0 Å². The molecule has 0 radical (unpaired) electrons. The molecule has 0 spiro atoms. The largest absolute Gasteiger partial charge is 0.391 e. The fraction of sp³-hybridized carbons (Fsp3) is 0.278. The van der Waals surface area contributed by atoms with Gasteiger partial charge in [-0.15, -0.1) is 0 Å². The number of aromatic nitrogens is 2. The summed E-state index contributed by atoms with van der Waals surface area (Å²) in [4.78, 5) is 14.4. The molecule has 3 aromatic rings. The molecule has 0 aliphatic heterocycles. The molecule has 2 N–H and O–H groups in total. The number of hydrogen-bond donors (Lipinski definition) is 2. The van der Waals surface area contributed by atoms with Gasteiger partial charge in [-0.2, -0.15) is 8.75 Å². The summed E-state index contributed by atoms with van der Waals surface area (Å²) in [5.74, 6) is -0.202. The normalized spacial score (nSPS) is 18.9. The molecular weight excluding hydrogens is 407 g/mol. The molecule has 0 fully saturated rings. The first-order valence-corrected chi connectivity index (χ1v) is 9.80. The number of carbonyl (C=O) groups excluding carboxylic acids is 1. The molecule has 2 aromatic carbocycles. The van der Waals surface area contributed by atoms with Crippen LogP contribution >= 0.6 is 34.9 Å². The van der Waals surface area contributed by atoms with Crippen molar-refractivity contribution >= 4 is 57.6 Å². The van der Waals surface area contributed by atoms with Crippen molar-refractivity contribution in [1.82, 2.24) is 13.6 Å². The first-order valence-electron chi connectivity index (χ1n) is 8.31. The Balaban J connectivity index is 1.52. The van der Waals surface area contributed by atoms with Crippen molar-refractivity contribution in [3.63, 3.8) is 0 Å². The number of aliphatic hydroxyl groups is 1. The van der Waals surface area contributed by atoms with Crippen molar-refractivity contribution in [2.45, 2.75) is 18.6 Å². The molecule has 1 amide bonds. The van der Waals surface area contributed by atoms with Gasteiger partial charge in [0.1, 0.15) is 11.0 Å². The van der Waals surface area contributed by atoms with E-state index in [2.05, 4.69) is 14.1 Å². The lowest BCUT2D eigenvalue weighted by Gasteiger charge is -2.27. The van der Waals surface area contributed by atoms with E-state index in [9.17, 15) is 9.90 Å². The molecular formula is C18H16Cl2N4O2S. The van der Waals surface area contributed by atoms with Crippen molar-refractivity contribution in [3.05, 3.63) is 51.5 Å². The van der Waals surface area contributed by atoms with Crippen molar-refractivity contribution in [2.24, 2.45) is 0 Å². The molecule has 1 aliphatic rings. The fourth-order valence-corrected chi connectivity index (χ4v) is 4.72. The highest BCUT2D eigenvalue weighted by atomic mass is 35.5. The SMILES string of the molecule is CN(CC(=O)Nc1cccc2nsnc12)C1c2cc(Cl)cc(Cl)c2CC1O. The van der Waals surface area contributed by atoms with E-state index in [1.807, 2.05) is 12.1 Å². The van der Waals surface area contributed by atoms with Crippen molar-refractivity contribution < 1.29 is 9.90 Å². The highest BCUT2D eigenvalue weighted by Gasteiger charge is 2.36. The van der Waals surface area contributed by atoms with E-state index in [1.54, 1.807) is 30.1 Å². The van der Waals surface area contributed by atoms with Gasteiger partial charge in [-0.1, -0.05) is 29.3 Å². The Morgan fingerprint density at radius 3 is 3.00 bits per heavy atom. The molecule has 9 heteroatoms. The second-order valence-corrected chi connectivity index (χ2v) is 7.94. The number of likely N-dealkylation sites (N-methyl/N-ethyl adjacent to an activating group) is 1. The van der Waals surface area contributed by atoms with Crippen LogP contribution in [0.5, 0.6) is 0 Å². The minimum atomic E-state index is -0.653. The van der Waals surface area contributed by atoms with Crippen LogP contribution in [-0.2, 0) is 11.2 Å². The molecule has 6 nitrogen and oxygen atoms in total. The van der Waals surface area contributed by atoms with E-state index in [1.165, 1.54) is 0 Å². The predicted octanol–water partition coefficient (Wildman–Crippen LogP) is 3.53. The summed E-state index contributed by atoms with van der Waals surface area (Å²) < 4.78 is 8.40. The number of carbonyl (C=O) groups is 1. The van der Waals surface area contributed by atoms with Crippen LogP contribution in [0.3, 0.4) is 0 Å². The molecule has 4 rings (SSSR count). The van der Waals surface area contributed by atoms with E-state index in [4.69, 9.17) is 23.2 Å². The van der Waals surface area contributed by atoms with Crippen LogP contribution < -0.4 is 5.32 Å². The average Bonchev–Trinajstić information content (AvgIpc) is 3.19. The third kappa shape index (κ3) is 3.53. The van der Waals surface area contributed by atoms with Gasteiger partial charge in [0.05, 0.1) is 36.1 Å². The Kier molecular flexibility index (Phi) is 5.05. The second-order valence-electron chi connectivity index (χ2n) is 6.57. The summed E-state index contributed by atoms with van der Waals surface area (Å²) in [5.41, 5.74) is 3.78. The molecule has 1 heterocycles. The fourth-order valence-electron chi connectivity index (χ4n) is 3.58. The number of nitrogens with one attached hydrogen (secondary N) is 1. The van der Waals surface area contributed by atoms with E-state index in [0.29, 0.717) is 27.7 Å². The predicted molar refractivity (Wildman–Crippen MR) is 108 cm³/mol. The number of aliphatic hydroxyl groups excluding tert-OH is 1. The molecule has 1 aromatic heterocycles. The molecule has 0 saturated carbocycles. The maximum absolute atomic E-state index is 12.6. The van der Waals surface area contributed by atoms with E-state index in [0.717, 1.165) is 28.4 Å². The number of benzene rings is 2. The second kappa shape index (κ2) is 7.33. The number of amides is 1. The van der Waals surface area contributed by atoms with Crippen molar-refractivity contribution in [2.75, 3.05) is 18.9 Å². The lowest BCUT2D eigenvalue weighted by atomic mass is 10.1. The van der Waals surface area contributed by atoms with Crippen LogP contribution in [0.2, 0.25) is 10.0 Å². The smallest absolute Gasteiger partial charge is 0.238 e. The molecule has 2 atom stereocenters. The summed E-state index contributed by atoms with van der Waals surface area (Å²) >= 11 is 13.5. The minimum Gasteiger partial charge on any atom is -0.391 e. The van der Waals surface area contributed by atoms with Gasteiger partial charge in [-0.25, -0.2) is 0 Å². The van der Waals surface area contributed by atoms with Crippen LogP contribution in [0.4, 0.5) is 5.69 Å². The van der Waals surface area contributed by atoms with Gasteiger partial charge in [-0.05, 0) is 42.4 Å². The van der Waals surface area contributed by atoms with Crippen LogP contribution in [0.25, 0.3) is 11.0 Å². The zero-order valence-corrected chi connectivity index (χ0v) is 16.6. The lowest BCUT2D eigenvalue weighted by molar-refractivity contribution is -0.117. The summed E-state index contributed by atoms with van der Waals surface area (Å²) in [6.07, 6.45) is -0.217. The van der Waals surface area contributed by atoms with Gasteiger partial charge in [-0.3, -0.25) is 9.69 Å². The van der Waals surface area contributed by atoms with E-state index < -0.39 is 6.10 Å². The maximum Gasteiger partial charge on any atom is 0.238 e. The van der Waals surface area contributed by atoms with E-state index in [-0.39, 0.29) is 18.5 Å². The Morgan fingerprint density at radius 1 is 1.37 bits per heavy atom. The Morgan fingerprint density at radius 2 is 2.19 bits per heavy atom. The third-order valence-electron chi connectivity index (χ3n) is 4.72. The highest BCUT2D eigenvalue weighted by Crippen LogP contribution is 2.40. The minimum absolute atomic E-state index is 0.0965. The van der Waals surface area contributed by atoms with Crippen LogP contribution in [0, 0.1) is 0 Å². The summed E-state index contributed by atoms with van der Waals surface area (Å²) in [5, 5.41) is 14.5. The quantitative estimate of drug-likeness (QED) is 0.672. The topological polar surface area (TPSA) is 78.4 Å². The number of rotatable bonds is 4. The monoisotopic (exact) mass is 422 g/mol. The number of anilines is 1. The van der Waals surface area contributed by atoms with E-state index >= 15 is 0 Å². The number of nitrogens with zero attached hydrogens (tertiary/aromatic N) is 3.